The molecule has 0 heterocycles. The predicted molar refractivity (Wildman–Crippen MR) is 301 cm³/mol. The molecule has 72 heavy (non-hydrogen) atoms. The first-order valence-electron chi connectivity index (χ1n) is 28.7. The summed E-state index contributed by atoms with van der Waals surface area (Å²) in [5.41, 5.74) is 0. The van der Waals surface area contributed by atoms with Gasteiger partial charge in [0.25, 0.3) is 0 Å². The maximum Gasteiger partial charge on any atom is 0.306 e. The van der Waals surface area contributed by atoms with Crippen molar-refractivity contribution in [2.24, 2.45) is 0 Å². The fourth-order valence-corrected chi connectivity index (χ4v) is 7.56. The van der Waals surface area contributed by atoms with E-state index in [1.807, 2.05) is 54.7 Å². The molecule has 3 N–H and O–H groups in total. The molecule has 0 aromatic rings. The lowest BCUT2D eigenvalue weighted by atomic mass is 10.1. The summed E-state index contributed by atoms with van der Waals surface area (Å²) in [4.78, 5) is 38.2. The molecule has 0 saturated heterocycles. The summed E-state index contributed by atoms with van der Waals surface area (Å²) in [7, 11) is 0. The number of carbonyl (C=O) groups excluding carboxylic acids is 3. The summed E-state index contributed by atoms with van der Waals surface area (Å²) in [5, 5.41) is 29.9. The molecule has 0 rings (SSSR count). The van der Waals surface area contributed by atoms with E-state index in [0.29, 0.717) is 19.3 Å². The van der Waals surface area contributed by atoms with Crippen LogP contribution >= 0.6 is 0 Å². The van der Waals surface area contributed by atoms with Crippen molar-refractivity contribution < 1.29 is 43.9 Å². The second kappa shape index (κ2) is 54.7. The highest BCUT2D eigenvalue weighted by molar-refractivity contribution is 5.71. The SMILES string of the molecule is CCCCCC(O)C=CC=CCC=CCCCCCCC(=O)OCC(COC(=O)CCCCCCC=CCC=CC=CC(O)CCCCC)OC(=O)CCCCCCC=CCC=CC=CC(O)CCCCC. The zero-order valence-electron chi connectivity index (χ0n) is 45.7. The molecule has 0 aromatic carbocycles. The second-order valence-electron chi connectivity index (χ2n) is 19.1. The Balaban J connectivity index is 4.63. The minimum absolute atomic E-state index is 0.145. The largest absolute Gasteiger partial charge is 0.462 e. The Bertz CT molecular complexity index is 1460. The van der Waals surface area contributed by atoms with Gasteiger partial charge < -0.3 is 29.5 Å². The minimum atomic E-state index is -0.851. The van der Waals surface area contributed by atoms with Crippen LogP contribution in [0.1, 0.15) is 233 Å². The number of carbonyl (C=O) groups is 3. The van der Waals surface area contributed by atoms with Gasteiger partial charge in [0.15, 0.2) is 6.10 Å². The van der Waals surface area contributed by atoms with E-state index in [0.717, 1.165) is 173 Å². The maximum absolute atomic E-state index is 12.9. The van der Waals surface area contributed by atoms with Gasteiger partial charge in [0.2, 0.25) is 0 Å². The van der Waals surface area contributed by atoms with Crippen LogP contribution in [0.5, 0.6) is 0 Å². The summed E-state index contributed by atoms with van der Waals surface area (Å²) in [6.45, 7) is 6.19. The Kier molecular flexibility index (Phi) is 51.6. The van der Waals surface area contributed by atoms with Crippen LogP contribution in [-0.2, 0) is 28.6 Å². The molecule has 3 atom stereocenters. The fourth-order valence-electron chi connectivity index (χ4n) is 7.56. The van der Waals surface area contributed by atoms with Crippen LogP contribution in [0.15, 0.2) is 109 Å². The van der Waals surface area contributed by atoms with Gasteiger partial charge in [-0.2, -0.15) is 0 Å². The van der Waals surface area contributed by atoms with Crippen LogP contribution in [0.25, 0.3) is 0 Å². The van der Waals surface area contributed by atoms with E-state index in [-0.39, 0.29) is 68.7 Å². The molecule has 9 nitrogen and oxygen atoms in total. The van der Waals surface area contributed by atoms with Gasteiger partial charge in [0.1, 0.15) is 13.2 Å². The molecule has 0 fully saturated rings. The Labute approximate surface area is 439 Å². The van der Waals surface area contributed by atoms with E-state index in [1.165, 1.54) is 0 Å². The van der Waals surface area contributed by atoms with Gasteiger partial charge in [-0.25, -0.2) is 0 Å². The smallest absolute Gasteiger partial charge is 0.306 e. The van der Waals surface area contributed by atoms with Crippen LogP contribution in [0.3, 0.4) is 0 Å². The van der Waals surface area contributed by atoms with Gasteiger partial charge in [-0.15, -0.1) is 0 Å². The number of ether oxygens (including phenoxy) is 3. The highest BCUT2D eigenvalue weighted by Crippen LogP contribution is 2.13. The molecule has 0 aromatic heterocycles. The zero-order chi connectivity index (χ0) is 52.6. The molecule has 9 heteroatoms. The van der Waals surface area contributed by atoms with Gasteiger partial charge in [-0.3, -0.25) is 14.4 Å². The Hall–Kier alpha value is -4.05. The van der Waals surface area contributed by atoms with Crippen molar-refractivity contribution in [3.63, 3.8) is 0 Å². The van der Waals surface area contributed by atoms with Crippen LogP contribution in [0, 0.1) is 0 Å². The first-order valence-corrected chi connectivity index (χ1v) is 28.7. The summed E-state index contributed by atoms with van der Waals surface area (Å²) < 4.78 is 16.7. The molecule has 0 aliphatic carbocycles. The second-order valence-corrected chi connectivity index (χ2v) is 19.1. The van der Waals surface area contributed by atoms with Crippen molar-refractivity contribution in [2.75, 3.05) is 13.2 Å². The van der Waals surface area contributed by atoms with Crippen LogP contribution < -0.4 is 0 Å². The lowest BCUT2D eigenvalue weighted by molar-refractivity contribution is -0.167. The molecular formula is C63H104O9. The van der Waals surface area contributed by atoms with Crippen molar-refractivity contribution in [2.45, 2.75) is 257 Å². The van der Waals surface area contributed by atoms with Crippen molar-refractivity contribution in [3.05, 3.63) is 109 Å². The van der Waals surface area contributed by atoms with Crippen molar-refractivity contribution in [1.82, 2.24) is 0 Å². The number of rotatable bonds is 50. The number of hydrogen-bond donors (Lipinski definition) is 3. The molecule has 0 amide bonds. The van der Waals surface area contributed by atoms with Crippen LogP contribution in [-0.4, -0.2) is 70.9 Å². The van der Waals surface area contributed by atoms with E-state index in [1.54, 1.807) is 0 Å². The van der Waals surface area contributed by atoms with Gasteiger partial charge in [0.05, 0.1) is 18.3 Å². The van der Waals surface area contributed by atoms with Crippen LogP contribution in [0.2, 0.25) is 0 Å². The summed E-state index contributed by atoms with van der Waals surface area (Å²) in [5.74, 6) is -1.08. The Morgan fingerprint density at radius 1 is 0.361 bits per heavy atom. The van der Waals surface area contributed by atoms with Crippen molar-refractivity contribution >= 4 is 17.9 Å². The first-order chi connectivity index (χ1) is 35.2. The molecule has 0 aliphatic rings. The van der Waals surface area contributed by atoms with E-state index in [9.17, 15) is 29.7 Å². The molecular weight excluding hydrogens is 901 g/mol. The first kappa shape index (κ1) is 68.0. The normalized spacial score (nSPS) is 14.2. The number of aliphatic hydroxyl groups is 3. The number of aliphatic hydroxyl groups excluding tert-OH is 3. The minimum Gasteiger partial charge on any atom is -0.462 e. The summed E-state index contributed by atoms with van der Waals surface area (Å²) in [6.07, 6.45) is 64.4. The molecule has 0 aliphatic heterocycles. The zero-order valence-corrected chi connectivity index (χ0v) is 45.7. The van der Waals surface area contributed by atoms with Crippen LogP contribution in [0.4, 0.5) is 0 Å². The third-order valence-electron chi connectivity index (χ3n) is 12.0. The topological polar surface area (TPSA) is 140 Å². The van der Waals surface area contributed by atoms with Crippen molar-refractivity contribution in [1.29, 1.82) is 0 Å². The van der Waals surface area contributed by atoms with E-state index in [4.69, 9.17) is 14.2 Å². The lowest BCUT2D eigenvalue weighted by Gasteiger charge is -2.18. The number of unbranched alkanes of at least 4 members (excludes halogenated alkanes) is 18. The Morgan fingerprint density at radius 2 is 0.681 bits per heavy atom. The van der Waals surface area contributed by atoms with E-state index in [2.05, 4.69) is 75.5 Å². The quantitative estimate of drug-likeness (QED) is 0.0179. The van der Waals surface area contributed by atoms with Gasteiger partial charge in [-0.1, -0.05) is 226 Å². The molecule has 410 valence electrons. The monoisotopic (exact) mass is 1000 g/mol. The highest BCUT2D eigenvalue weighted by Gasteiger charge is 2.19. The standard InChI is InChI=1S/C63H104O9/c1-4-7-37-46-57(64)49-40-31-25-19-13-10-16-22-28-34-43-52-61(67)70-55-60(72-63(69)54-45-36-30-24-18-12-15-21-27-33-42-51-59(66)48-39-9-6-3)56-71-62(68)53-44-35-29-23-17-11-14-20-26-32-41-50-58(65)47-38-8-5-2/h10-15,25-27,31-33,40-42,49-51,57-60,64-66H,4-9,16-24,28-30,34-39,43-48,52-56H2,1-3H3. The summed E-state index contributed by atoms with van der Waals surface area (Å²) >= 11 is 0. The van der Waals surface area contributed by atoms with Gasteiger partial charge in [0, 0.05) is 19.3 Å². The third kappa shape index (κ3) is 52.3. The number of esters is 3. The van der Waals surface area contributed by atoms with E-state index < -0.39 is 6.10 Å². The number of allylic oxidation sites excluding steroid dienone is 15. The fraction of sp³-hybridized carbons (Fsp3) is 0.667. The highest BCUT2D eigenvalue weighted by atomic mass is 16.6. The maximum atomic E-state index is 12.9. The molecule has 3 unspecified atom stereocenters. The van der Waals surface area contributed by atoms with Gasteiger partial charge >= 0.3 is 17.9 Å². The lowest BCUT2D eigenvalue weighted by Crippen LogP contribution is -2.30. The average Bonchev–Trinajstić information content (AvgIpc) is 3.36. The predicted octanol–water partition coefficient (Wildman–Crippen LogP) is 16.0. The third-order valence-corrected chi connectivity index (χ3v) is 12.0. The van der Waals surface area contributed by atoms with E-state index >= 15 is 0 Å². The Morgan fingerprint density at radius 3 is 1.01 bits per heavy atom. The van der Waals surface area contributed by atoms with Gasteiger partial charge in [-0.05, 0) is 96.3 Å². The molecule has 0 spiro atoms. The molecule has 0 bridgehead atoms. The van der Waals surface area contributed by atoms with Crippen molar-refractivity contribution in [3.8, 4) is 0 Å². The molecule has 0 saturated carbocycles. The summed E-state index contributed by atoms with van der Waals surface area (Å²) in [6, 6.07) is 0. The average molecular weight is 1010 g/mol. The number of hydrogen-bond acceptors (Lipinski definition) is 9. The molecule has 0 radical (unpaired) electrons.